The molecular weight excluding hydrogens is 330 g/mol. The van der Waals surface area contributed by atoms with E-state index in [1.54, 1.807) is 25.3 Å². The zero-order valence-electron chi connectivity index (χ0n) is 11.8. The molecule has 0 radical (unpaired) electrons. The zero-order valence-corrected chi connectivity index (χ0v) is 13.3. The summed E-state index contributed by atoms with van der Waals surface area (Å²) in [5.74, 6) is -0.369. The number of carbonyl (C=O) groups is 1. The molecule has 2 rings (SSSR count). The summed E-state index contributed by atoms with van der Waals surface area (Å²) < 4.78 is 5.83. The number of nitriles is 1. The molecule has 4 heteroatoms. The fourth-order valence-electron chi connectivity index (χ4n) is 2.03. The molecule has 0 aliphatic carbocycles. The highest BCUT2D eigenvalue weighted by Gasteiger charge is 2.22. The second kappa shape index (κ2) is 6.55. The number of rotatable bonds is 4. The summed E-state index contributed by atoms with van der Waals surface area (Å²) >= 11 is 3.35. The van der Waals surface area contributed by atoms with Gasteiger partial charge in [0.2, 0.25) is 0 Å². The maximum Gasteiger partial charge on any atom is 0.184 e. The third-order valence-electron chi connectivity index (χ3n) is 3.24. The number of halogens is 1. The average molecular weight is 344 g/mol. The second-order valence-corrected chi connectivity index (χ2v) is 5.54. The van der Waals surface area contributed by atoms with Gasteiger partial charge < -0.3 is 4.74 Å². The first-order valence-corrected chi connectivity index (χ1v) is 7.20. The molecule has 0 bridgehead atoms. The third-order valence-corrected chi connectivity index (χ3v) is 3.86. The van der Waals surface area contributed by atoms with Crippen molar-refractivity contribution in [3.8, 4) is 11.8 Å². The molecule has 2 aromatic rings. The maximum atomic E-state index is 12.5. The topological polar surface area (TPSA) is 50.1 Å². The Labute approximate surface area is 132 Å². The quantitative estimate of drug-likeness (QED) is 0.779. The smallest absolute Gasteiger partial charge is 0.184 e. The number of methoxy groups -OCH3 is 1. The number of benzene rings is 2. The predicted octanol–water partition coefficient (Wildman–Crippen LogP) is 4.26. The van der Waals surface area contributed by atoms with Crippen molar-refractivity contribution in [3.05, 3.63) is 63.6 Å². The van der Waals surface area contributed by atoms with E-state index >= 15 is 0 Å². The Kier molecular flexibility index (Phi) is 4.77. The molecule has 0 spiro atoms. The average Bonchev–Trinajstić information content (AvgIpc) is 2.49. The van der Waals surface area contributed by atoms with Crippen LogP contribution in [0.5, 0.6) is 5.75 Å². The summed E-state index contributed by atoms with van der Waals surface area (Å²) in [6.07, 6.45) is 0. The monoisotopic (exact) mass is 343 g/mol. The summed E-state index contributed by atoms with van der Waals surface area (Å²) in [6, 6.07) is 14.6. The van der Waals surface area contributed by atoms with Gasteiger partial charge >= 0.3 is 0 Å². The first-order chi connectivity index (χ1) is 10.1. The maximum absolute atomic E-state index is 12.5. The van der Waals surface area contributed by atoms with Crippen LogP contribution in [0, 0.1) is 18.3 Å². The van der Waals surface area contributed by atoms with Gasteiger partial charge in [-0.05, 0) is 46.6 Å². The summed E-state index contributed by atoms with van der Waals surface area (Å²) in [4.78, 5) is 12.5. The molecule has 0 aromatic heterocycles. The largest absolute Gasteiger partial charge is 0.496 e. The summed E-state index contributed by atoms with van der Waals surface area (Å²) in [5.41, 5.74) is 2.28. The number of carbonyl (C=O) groups excluding carboxylic acids is 1. The van der Waals surface area contributed by atoms with Gasteiger partial charge in [0.1, 0.15) is 11.7 Å². The summed E-state index contributed by atoms with van der Waals surface area (Å²) in [5, 5.41) is 9.34. The van der Waals surface area contributed by atoms with E-state index in [4.69, 9.17) is 4.74 Å². The van der Waals surface area contributed by atoms with E-state index in [0.717, 1.165) is 5.56 Å². The molecule has 0 saturated carbocycles. The highest BCUT2D eigenvalue weighted by atomic mass is 79.9. The van der Waals surface area contributed by atoms with E-state index in [1.807, 2.05) is 31.2 Å². The van der Waals surface area contributed by atoms with Crippen molar-refractivity contribution in [3.63, 3.8) is 0 Å². The number of aryl methyl sites for hydroxylation is 1. The van der Waals surface area contributed by atoms with Crippen LogP contribution in [-0.4, -0.2) is 12.9 Å². The van der Waals surface area contributed by atoms with E-state index in [9.17, 15) is 10.1 Å². The van der Waals surface area contributed by atoms with E-state index in [2.05, 4.69) is 22.0 Å². The molecule has 0 amide bonds. The molecule has 1 atom stereocenters. The Hall–Kier alpha value is -2.12. The number of nitrogens with zero attached hydrogens (tertiary/aromatic N) is 1. The third kappa shape index (κ3) is 3.32. The minimum Gasteiger partial charge on any atom is -0.496 e. The molecule has 0 aliphatic rings. The van der Waals surface area contributed by atoms with Crippen LogP contribution in [0.1, 0.15) is 27.4 Å². The van der Waals surface area contributed by atoms with Gasteiger partial charge in [-0.2, -0.15) is 5.26 Å². The molecular formula is C17H14BrNO2. The number of hydrogen-bond donors (Lipinski definition) is 0. The van der Waals surface area contributed by atoms with Crippen molar-refractivity contribution in [2.75, 3.05) is 7.11 Å². The standard InChI is InChI=1S/C17H14BrNO2/c1-11-3-5-12(6-4-11)14(10-19)17(20)13-7-8-16(21-2)15(18)9-13/h3-9,14H,1-2H3. The minimum absolute atomic E-state index is 0.218. The van der Waals surface area contributed by atoms with Crippen molar-refractivity contribution >= 4 is 21.7 Å². The lowest BCUT2D eigenvalue weighted by molar-refractivity contribution is 0.0979. The molecule has 0 N–H and O–H groups in total. The Morgan fingerprint density at radius 3 is 2.43 bits per heavy atom. The van der Waals surface area contributed by atoms with Crippen LogP contribution < -0.4 is 4.74 Å². The normalized spacial score (nSPS) is 11.5. The van der Waals surface area contributed by atoms with Gasteiger partial charge in [0, 0.05) is 5.56 Å². The van der Waals surface area contributed by atoms with Crippen molar-refractivity contribution < 1.29 is 9.53 Å². The highest BCUT2D eigenvalue weighted by molar-refractivity contribution is 9.10. The predicted molar refractivity (Wildman–Crippen MR) is 84.6 cm³/mol. The van der Waals surface area contributed by atoms with Gasteiger partial charge in [-0.1, -0.05) is 29.8 Å². The number of ether oxygens (including phenoxy) is 1. The molecule has 3 nitrogen and oxygen atoms in total. The first-order valence-electron chi connectivity index (χ1n) is 6.40. The molecule has 21 heavy (non-hydrogen) atoms. The van der Waals surface area contributed by atoms with Gasteiger partial charge in [-0.3, -0.25) is 4.79 Å². The minimum atomic E-state index is -0.800. The van der Waals surface area contributed by atoms with Crippen molar-refractivity contribution in [1.29, 1.82) is 5.26 Å². The second-order valence-electron chi connectivity index (χ2n) is 4.69. The fourth-order valence-corrected chi connectivity index (χ4v) is 2.57. The highest BCUT2D eigenvalue weighted by Crippen LogP contribution is 2.28. The molecule has 2 aromatic carbocycles. The zero-order chi connectivity index (χ0) is 15.4. The van der Waals surface area contributed by atoms with Crippen LogP contribution in [0.4, 0.5) is 0 Å². The van der Waals surface area contributed by atoms with Crippen molar-refractivity contribution in [2.45, 2.75) is 12.8 Å². The van der Waals surface area contributed by atoms with Crippen LogP contribution in [0.15, 0.2) is 46.9 Å². The molecule has 106 valence electrons. The number of hydrogen-bond acceptors (Lipinski definition) is 3. The van der Waals surface area contributed by atoms with Gasteiger partial charge in [0.05, 0.1) is 17.7 Å². The van der Waals surface area contributed by atoms with Crippen LogP contribution in [-0.2, 0) is 0 Å². The van der Waals surface area contributed by atoms with Crippen LogP contribution in [0.25, 0.3) is 0 Å². The summed E-state index contributed by atoms with van der Waals surface area (Å²) in [6.45, 7) is 1.97. The van der Waals surface area contributed by atoms with E-state index in [1.165, 1.54) is 0 Å². The Balaban J connectivity index is 2.35. The summed E-state index contributed by atoms with van der Waals surface area (Å²) in [7, 11) is 1.56. The van der Waals surface area contributed by atoms with Crippen LogP contribution in [0.3, 0.4) is 0 Å². The van der Waals surface area contributed by atoms with Gasteiger partial charge in [-0.25, -0.2) is 0 Å². The molecule has 0 heterocycles. The Morgan fingerprint density at radius 1 is 1.24 bits per heavy atom. The lowest BCUT2D eigenvalue weighted by atomic mass is 9.91. The van der Waals surface area contributed by atoms with Gasteiger partial charge in [0.15, 0.2) is 5.78 Å². The van der Waals surface area contributed by atoms with Crippen LogP contribution >= 0.6 is 15.9 Å². The SMILES string of the molecule is COc1ccc(C(=O)C(C#N)c2ccc(C)cc2)cc1Br. The molecule has 0 aliphatic heterocycles. The molecule has 0 fully saturated rings. The van der Waals surface area contributed by atoms with Gasteiger partial charge in [-0.15, -0.1) is 0 Å². The molecule has 0 saturated heterocycles. The number of ketones is 1. The van der Waals surface area contributed by atoms with Crippen LogP contribution in [0.2, 0.25) is 0 Å². The molecule has 1 unspecified atom stereocenters. The lowest BCUT2D eigenvalue weighted by Crippen LogP contribution is -2.11. The van der Waals surface area contributed by atoms with E-state index in [0.29, 0.717) is 21.3 Å². The van der Waals surface area contributed by atoms with Crippen molar-refractivity contribution in [1.82, 2.24) is 0 Å². The lowest BCUT2D eigenvalue weighted by Gasteiger charge is -2.10. The first kappa shape index (κ1) is 15.3. The van der Waals surface area contributed by atoms with E-state index in [-0.39, 0.29) is 5.78 Å². The fraction of sp³-hybridized carbons (Fsp3) is 0.176. The number of Topliss-reactive ketones (excluding diaryl/α,β-unsaturated/α-hetero) is 1. The Morgan fingerprint density at radius 2 is 1.90 bits per heavy atom. The van der Waals surface area contributed by atoms with Gasteiger partial charge in [0.25, 0.3) is 0 Å². The van der Waals surface area contributed by atoms with E-state index < -0.39 is 5.92 Å². The Bertz CT molecular complexity index is 702. The van der Waals surface area contributed by atoms with Crippen molar-refractivity contribution in [2.24, 2.45) is 0 Å².